The van der Waals surface area contributed by atoms with Gasteiger partial charge in [-0.15, -0.1) is 0 Å². The molecule has 2 amide bonds. The van der Waals surface area contributed by atoms with E-state index in [2.05, 4.69) is 10.3 Å². The molecule has 0 aliphatic carbocycles. The molecule has 1 atom stereocenters. The predicted octanol–water partition coefficient (Wildman–Crippen LogP) is 1.32. The summed E-state index contributed by atoms with van der Waals surface area (Å²) in [5.74, 6) is -0.197. The van der Waals surface area contributed by atoms with Gasteiger partial charge in [0, 0.05) is 19.3 Å². The van der Waals surface area contributed by atoms with E-state index in [1.54, 1.807) is 18.3 Å². The van der Waals surface area contributed by atoms with Crippen LogP contribution in [-0.4, -0.2) is 58.4 Å². The van der Waals surface area contributed by atoms with Crippen LogP contribution in [0.15, 0.2) is 18.3 Å². The molecule has 3 rings (SSSR count). The smallest absolute Gasteiger partial charge is 0.465 e. The van der Waals surface area contributed by atoms with Crippen LogP contribution in [0.1, 0.15) is 34.1 Å². The third-order valence-corrected chi connectivity index (χ3v) is 5.39. The minimum Gasteiger partial charge on any atom is -0.465 e. The molecule has 1 aromatic rings. The first kappa shape index (κ1) is 18.7. The Kier molecular flexibility index (Phi) is 4.70. The zero-order valence-corrected chi connectivity index (χ0v) is 15.5. The monoisotopic (exact) mass is 361 g/mol. The van der Waals surface area contributed by atoms with Crippen molar-refractivity contribution in [1.82, 2.24) is 9.88 Å². The largest absolute Gasteiger partial charge is 0.495 e. The lowest BCUT2D eigenvalue weighted by Crippen LogP contribution is -2.41. The number of carboxylic acid groups (broad SMARTS) is 1. The van der Waals surface area contributed by atoms with Crippen LogP contribution in [0.2, 0.25) is 0 Å². The summed E-state index contributed by atoms with van der Waals surface area (Å²) in [6.45, 7) is 8.49. The first-order valence-corrected chi connectivity index (χ1v) is 8.69. The van der Waals surface area contributed by atoms with Crippen molar-refractivity contribution in [1.29, 1.82) is 0 Å². The van der Waals surface area contributed by atoms with Crippen LogP contribution in [-0.2, 0) is 14.1 Å². The van der Waals surface area contributed by atoms with Crippen LogP contribution >= 0.6 is 0 Å². The summed E-state index contributed by atoms with van der Waals surface area (Å²) in [5, 5.41) is 11.8. The summed E-state index contributed by atoms with van der Waals surface area (Å²) in [7, 11) is -0.535. The van der Waals surface area contributed by atoms with E-state index < -0.39 is 24.4 Å². The maximum absolute atomic E-state index is 12.4. The van der Waals surface area contributed by atoms with E-state index in [0.29, 0.717) is 18.8 Å². The van der Waals surface area contributed by atoms with Crippen molar-refractivity contribution >= 4 is 30.4 Å². The highest BCUT2D eigenvalue weighted by Crippen LogP contribution is 2.36. The minimum atomic E-state index is -0.999. The molecule has 2 aliphatic rings. The van der Waals surface area contributed by atoms with Crippen molar-refractivity contribution in [2.75, 3.05) is 18.4 Å². The zero-order valence-electron chi connectivity index (χ0n) is 15.5. The molecular weight excluding hydrogens is 337 g/mol. The topological polar surface area (TPSA) is 101 Å². The first-order valence-electron chi connectivity index (χ1n) is 8.69. The molecule has 2 N–H and O–H groups in total. The fourth-order valence-electron chi connectivity index (χ4n) is 3.02. The number of carbonyl (C=O) groups is 2. The van der Waals surface area contributed by atoms with Crippen molar-refractivity contribution in [3.05, 3.63) is 18.3 Å². The number of likely N-dealkylation sites (tertiary alicyclic amines) is 1. The summed E-state index contributed by atoms with van der Waals surface area (Å²) in [6.07, 6.45) is 1.10. The van der Waals surface area contributed by atoms with Crippen LogP contribution in [0.5, 0.6) is 0 Å². The van der Waals surface area contributed by atoms with Crippen molar-refractivity contribution in [3.8, 4) is 0 Å². The molecule has 0 unspecified atom stereocenters. The molecule has 3 heterocycles. The second-order valence-corrected chi connectivity index (χ2v) is 7.77. The highest BCUT2D eigenvalue weighted by Gasteiger charge is 2.51. The van der Waals surface area contributed by atoms with E-state index in [0.717, 1.165) is 5.46 Å². The molecule has 8 nitrogen and oxygen atoms in total. The fraction of sp³-hybridized carbons (Fsp3) is 0.588. The zero-order chi connectivity index (χ0) is 19.1. The SMILES string of the molecule is CC1(C)OB(c2ccnc(NC(=O)[C@H]3CCN(C(=O)O)C3)c2)OC1(C)C. The van der Waals surface area contributed by atoms with Gasteiger partial charge in [0.2, 0.25) is 5.91 Å². The van der Waals surface area contributed by atoms with Gasteiger partial charge in [-0.2, -0.15) is 0 Å². The minimum absolute atomic E-state index is 0.206. The van der Waals surface area contributed by atoms with Crippen LogP contribution in [0, 0.1) is 5.92 Å². The molecule has 2 saturated heterocycles. The lowest BCUT2D eigenvalue weighted by atomic mass is 9.80. The number of pyridine rings is 1. The number of hydrogen-bond donors (Lipinski definition) is 2. The molecule has 0 saturated carbocycles. The van der Waals surface area contributed by atoms with E-state index in [1.807, 2.05) is 27.7 Å². The van der Waals surface area contributed by atoms with E-state index in [9.17, 15) is 9.59 Å². The van der Waals surface area contributed by atoms with Gasteiger partial charge in [0.15, 0.2) is 0 Å². The average molecular weight is 361 g/mol. The number of aromatic nitrogens is 1. The standard InChI is InChI=1S/C17H24BN3O5/c1-16(2)17(3,4)26-18(25-16)12-5-7-19-13(9-12)20-14(22)11-6-8-21(10-11)15(23)24/h5,7,9,11H,6,8,10H2,1-4H3,(H,23,24)(H,19,20,22)/t11-/m0/s1. The Balaban J connectivity index is 1.67. The van der Waals surface area contributed by atoms with Crippen LogP contribution in [0.4, 0.5) is 10.6 Å². The van der Waals surface area contributed by atoms with Crippen molar-refractivity contribution in [3.63, 3.8) is 0 Å². The molecule has 0 radical (unpaired) electrons. The van der Waals surface area contributed by atoms with Crippen LogP contribution in [0.25, 0.3) is 0 Å². The normalized spacial score (nSPS) is 23.9. The van der Waals surface area contributed by atoms with Gasteiger partial charge >= 0.3 is 13.2 Å². The number of nitrogens with zero attached hydrogens (tertiary/aromatic N) is 2. The van der Waals surface area contributed by atoms with Crippen LogP contribution < -0.4 is 10.8 Å². The number of carbonyl (C=O) groups excluding carboxylic acids is 1. The summed E-state index contributed by atoms with van der Waals surface area (Å²) in [5.41, 5.74) is -0.129. The van der Waals surface area contributed by atoms with E-state index >= 15 is 0 Å². The second-order valence-electron chi connectivity index (χ2n) is 7.77. The predicted molar refractivity (Wildman–Crippen MR) is 96.3 cm³/mol. The van der Waals surface area contributed by atoms with Gasteiger partial charge in [0.05, 0.1) is 17.1 Å². The van der Waals surface area contributed by atoms with Crippen molar-refractivity contribution in [2.24, 2.45) is 5.92 Å². The summed E-state index contributed by atoms with van der Waals surface area (Å²) >= 11 is 0. The Hall–Kier alpha value is -2.13. The van der Waals surface area contributed by atoms with E-state index in [-0.39, 0.29) is 18.4 Å². The van der Waals surface area contributed by atoms with Gasteiger partial charge in [-0.05, 0) is 51.7 Å². The third-order valence-electron chi connectivity index (χ3n) is 5.39. The molecule has 140 valence electrons. The Morgan fingerprint density at radius 3 is 2.54 bits per heavy atom. The van der Waals surface area contributed by atoms with Crippen molar-refractivity contribution < 1.29 is 24.0 Å². The van der Waals surface area contributed by atoms with Crippen LogP contribution in [0.3, 0.4) is 0 Å². The molecule has 26 heavy (non-hydrogen) atoms. The molecule has 0 bridgehead atoms. The average Bonchev–Trinajstić information content (AvgIpc) is 3.11. The quantitative estimate of drug-likeness (QED) is 0.788. The summed E-state index contributed by atoms with van der Waals surface area (Å²) in [6, 6.07) is 3.52. The number of nitrogens with one attached hydrogen (secondary N) is 1. The van der Waals surface area contributed by atoms with E-state index in [4.69, 9.17) is 14.4 Å². The first-order chi connectivity index (χ1) is 12.1. The highest BCUT2D eigenvalue weighted by atomic mass is 16.7. The third kappa shape index (κ3) is 3.54. The maximum atomic E-state index is 12.4. The molecule has 0 aromatic carbocycles. The Bertz CT molecular complexity index is 708. The highest BCUT2D eigenvalue weighted by molar-refractivity contribution is 6.62. The summed E-state index contributed by atoms with van der Waals surface area (Å²) in [4.78, 5) is 28.8. The van der Waals surface area contributed by atoms with Gasteiger partial charge in [-0.3, -0.25) is 4.79 Å². The van der Waals surface area contributed by atoms with Crippen molar-refractivity contribution in [2.45, 2.75) is 45.3 Å². The number of anilines is 1. The van der Waals surface area contributed by atoms with Gasteiger partial charge in [0.25, 0.3) is 0 Å². The Morgan fingerprint density at radius 1 is 1.31 bits per heavy atom. The molecule has 2 fully saturated rings. The van der Waals surface area contributed by atoms with Gasteiger partial charge in [-0.25, -0.2) is 9.78 Å². The Labute approximate surface area is 153 Å². The maximum Gasteiger partial charge on any atom is 0.495 e. The molecule has 2 aliphatic heterocycles. The lowest BCUT2D eigenvalue weighted by molar-refractivity contribution is -0.119. The summed E-state index contributed by atoms with van der Waals surface area (Å²) < 4.78 is 12.0. The Morgan fingerprint density at radius 2 is 1.96 bits per heavy atom. The lowest BCUT2D eigenvalue weighted by Gasteiger charge is -2.32. The van der Waals surface area contributed by atoms with E-state index in [1.165, 1.54) is 4.90 Å². The number of rotatable bonds is 3. The molecule has 9 heteroatoms. The van der Waals surface area contributed by atoms with Gasteiger partial charge < -0.3 is 24.6 Å². The van der Waals surface area contributed by atoms with Gasteiger partial charge in [-0.1, -0.05) is 0 Å². The number of amides is 2. The van der Waals surface area contributed by atoms with Gasteiger partial charge in [0.1, 0.15) is 5.82 Å². The molecule has 1 aromatic heterocycles. The number of hydrogen-bond acceptors (Lipinski definition) is 5. The second kappa shape index (κ2) is 6.55. The fourth-order valence-corrected chi connectivity index (χ4v) is 3.02. The molecule has 0 spiro atoms. The molecular formula is C17H24BN3O5.